The Morgan fingerprint density at radius 3 is 2.21 bits per heavy atom. The molecule has 1 aliphatic carbocycles. The quantitative estimate of drug-likeness (QED) is 0.169. The molecule has 0 atom stereocenters. The normalized spacial score (nSPS) is 18.8. The Morgan fingerprint density at radius 2 is 1.61 bits per heavy atom. The van der Waals surface area contributed by atoms with Crippen molar-refractivity contribution in [3.05, 3.63) is 59.7 Å². The zero-order valence-electron chi connectivity index (χ0n) is 15.3. The number of carbonyl (C=O) groups is 1. The molecule has 2 N–H and O–H groups in total. The molecule has 1 aromatic heterocycles. The Bertz CT molecular complexity index is 824. The number of carbonyl (C=O) groups excluding carboxylic acids is 1. The Balaban J connectivity index is 1.58. The van der Waals surface area contributed by atoms with Gasteiger partial charge in [-0.25, -0.2) is 0 Å². The van der Waals surface area contributed by atoms with Crippen LogP contribution >= 0.6 is 56.5 Å². The van der Waals surface area contributed by atoms with Gasteiger partial charge < -0.3 is 5.32 Å². The fraction of sp³-hybridized carbons (Fsp3) is 0.350. The maximum absolute atomic E-state index is 11.1. The molecule has 0 bridgehead atoms. The largest absolute Gasteiger partial charge is 0.357 e. The SMILES string of the molecule is O=C(I)Nc1nnc(NC2CCC(c3ccccc(CI)cccc3)CC2)s1. The van der Waals surface area contributed by atoms with Gasteiger partial charge in [0, 0.05) is 33.1 Å². The smallest absolute Gasteiger partial charge is 0.286 e. The molecule has 1 fully saturated rings. The molecule has 2 aromatic rings. The summed E-state index contributed by atoms with van der Waals surface area (Å²) in [6.07, 6.45) is 4.50. The van der Waals surface area contributed by atoms with Crippen LogP contribution in [0.2, 0.25) is 0 Å². The minimum Gasteiger partial charge on any atom is -0.357 e. The van der Waals surface area contributed by atoms with E-state index < -0.39 is 0 Å². The van der Waals surface area contributed by atoms with E-state index in [1.807, 2.05) is 0 Å². The third kappa shape index (κ3) is 6.80. The highest BCUT2D eigenvalue weighted by molar-refractivity contribution is 14.1. The summed E-state index contributed by atoms with van der Waals surface area (Å²) in [5.41, 5.74) is 2.72. The lowest BCUT2D eigenvalue weighted by Gasteiger charge is -2.29. The second kappa shape index (κ2) is 11.2. The van der Waals surface area contributed by atoms with Crippen molar-refractivity contribution < 1.29 is 4.79 Å². The highest BCUT2D eigenvalue weighted by Gasteiger charge is 2.22. The molecule has 3 rings (SSSR count). The van der Waals surface area contributed by atoms with Gasteiger partial charge in [-0.05, 0) is 42.7 Å². The molecule has 0 radical (unpaired) electrons. The van der Waals surface area contributed by atoms with Crippen LogP contribution in [0.5, 0.6) is 0 Å². The van der Waals surface area contributed by atoms with Crippen molar-refractivity contribution in [1.82, 2.24) is 10.2 Å². The molecular formula is C20H22I2N4OS. The van der Waals surface area contributed by atoms with E-state index in [9.17, 15) is 4.79 Å². The van der Waals surface area contributed by atoms with Crippen LogP contribution in [0.4, 0.5) is 15.1 Å². The van der Waals surface area contributed by atoms with Gasteiger partial charge in [0.2, 0.25) is 10.3 Å². The lowest BCUT2D eigenvalue weighted by molar-refractivity contribution is 0.271. The van der Waals surface area contributed by atoms with Gasteiger partial charge >= 0.3 is 0 Å². The van der Waals surface area contributed by atoms with Crippen molar-refractivity contribution in [3.8, 4) is 0 Å². The number of aromatic nitrogens is 2. The molecule has 1 heterocycles. The van der Waals surface area contributed by atoms with E-state index in [1.165, 1.54) is 22.5 Å². The lowest BCUT2D eigenvalue weighted by Crippen LogP contribution is -2.25. The number of anilines is 2. The van der Waals surface area contributed by atoms with Crippen LogP contribution in [0, 0.1) is 0 Å². The van der Waals surface area contributed by atoms with Crippen LogP contribution in [-0.2, 0) is 4.43 Å². The van der Waals surface area contributed by atoms with Gasteiger partial charge in [0.1, 0.15) is 0 Å². The molecule has 0 unspecified atom stereocenters. The minimum atomic E-state index is -0.155. The molecular weight excluding hydrogens is 598 g/mol. The summed E-state index contributed by atoms with van der Waals surface area (Å²) >= 11 is 5.46. The summed E-state index contributed by atoms with van der Waals surface area (Å²) < 4.78 is 0.860. The van der Waals surface area contributed by atoms with Gasteiger partial charge in [-0.3, -0.25) is 10.1 Å². The van der Waals surface area contributed by atoms with Gasteiger partial charge in [0.15, 0.2) is 0 Å². The van der Waals surface area contributed by atoms with E-state index in [0.29, 0.717) is 17.1 Å². The number of hydrogen-bond donors (Lipinski definition) is 2. The third-order valence-electron chi connectivity index (χ3n) is 4.73. The Labute approximate surface area is 196 Å². The summed E-state index contributed by atoms with van der Waals surface area (Å²) in [6, 6.07) is 17.8. The van der Waals surface area contributed by atoms with E-state index in [-0.39, 0.29) is 3.91 Å². The van der Waals surface area contributed by atoms with E-state index in [2.05, 4.69) is 92.0 Å². The summed E-state index contributed by atoms with van der Waals surface area (Å²) in [6.45, 7) is 0. The molecule has 8 heteroatoms. The molecule has 0 spiro atoms. The molecule has 148 valence electrons. The second-order valence-electron chi connectivity index (χ2n) is 6.65. The minimum absolute atomic E-state index is 0.155. The summed E-state index contributed by atoms with van der Waals surface area (Å²) in [4.78, 5) is 11.1. The average Bonchev–Trinajstić information content (AvgIpc) is 3.12. The number of hydrogen-bond acceptors (Lipinski definition) is 5. The number of amides is 1. The van der Waals surface area contributed by atoms with Crippen molar-refractivity contribution >= 4 is 70.7 Å². The fourth-order valence-corrected chi connectivity index (χ4v) is 4.99. The lowest BCUT2D eigenvalue weighted by atomic mass is 9.82. The average molecular weight is 620 g/mol. The Morgan fingerprint density at radius 1 is 1.00 bits per heavy atom. The van der Waals surface area contributed by atoms with Gasteiger partial charge in [0.05, 0.1) is 0 Å². The highest BCUT2D eigenvalue weighted by atomic mass is 127. The number of nitrogens with zero attached hydrogens (tertiary/aromatic N) is 2. The highest BCUT2D eigenvalue weighted by Crippen LogP contribution is 2.34. The number of nitrogens with one attached hydrogen (secondary N) is 2. The standard InChI is InChI=1S/C20H22I2N4OS/c21-13-14-5-1-3-7-15(8-4-2-6-14)16-9-11-17(12-10-16)23-19-25-26-20(28-19)24-18(22)27/h1-8,16-17H,9-13H2,(H,23,25)(H,24,26,27). The van der Waals surface area contributed by atoms with E-state index in [0.717, 1.165) is 35.2 Å². The topological polar surface area (TPSA) is 66.9 Å². The fourth-order valence-electron chi connectivity index (χ4n) is 3.33. The molecule has 1 aliphatic rings. The van der Waals surface area contributed by atoms with Crippen LogP contribution in [-0.4, -0.2) is 20.2 Å². The first-order valence-corrected chi connectivity index (χ1v) is 12.6. The molecule has 0 saturated heterocycles. The van der Waals surface area contributed by atoms with Gasteiger partial charge in [-0.1, -0.05) is 82.5 Å². The van der Waals surface area contributed by atoms with E-state index in [4.69, 9.17) is 0 Å². The summed E-state index contributed by atoms with van der Waals surface area (Å²) in [5.74, 6) is 0.586. The molecule has 1 aromatic carbocycles. The number of alkyl halides is 1. The summed E-state index contributed by atoms with van der Waals surface area (Å²) in [5, 5.41) is 15.5. The van der Waals surface area contributed by atoms with Crippen LogP contribution < -0.4 is 10.6 Å². The molecule has 1 amide bonds. The predicted molar refractivity (Wildman–Crippen MR) is 133 cm³/mol. The molecule has 5 nitrogen and oxygen atoms in total. The first kappa shape index (κ1) is 21.7. The van der Waals surface area contributed by atoms with Crippen molar-refractivity contribution in [2.75, 3.05) is 10.6 Å². The van der Waals surface area contributed by atoms with Crippen molar-refractivity contribution in [2.24, 2.45) is 0 Å². The van der Waals surface area contributed by atoms with Crippen LogP contribution in [0.3, 0.4) is 0 Å². The number of halogens is 2. The second-order valence-corrected chi connectivity index (χ2v) is 9.37. The Kier molecular flexibility index (Phi) is 8.71. The van der Waals surface area contributed by atoms with E-state index in [1.54, 1.807) is 22.6 Å². The monoisotopic (exact) mass is 620 g/mol. The van der Waals surface area contributed by atoms with E-state index >= 15 is 0 Å². The first-order chi connectivity index (χ1) is 13.6. The van der Waals surface area contributed by atoms with Gasteiger partial charge in [-0.15, -0.1) is 10.2 Å². The zero-order chi connectivity index (χ0) is 19.8. The van der Waals surface area contributed by atoms with Crippen molar-refractivity contribution in [1.29, 1.82) is 0 Å². The van der Waals surface area contributed by atoms with Crippen molar-refractivity contribution in [3.63, 3.8) is 0 Å². The first-order valence-electron chi connectivity index (χ1n) is 9.18. The van der Waals surface area contributed by atoms with Crippen LogP contribution in [0.15, 0.2) is 48.5 Å². The molecule has 0 aliphatic heterocycles. The number of rotatable bonds is 5. The van der Waals surface area contributed by atoms with Crippen molar-refractivity contribution in [2.45, 2.75) is 42.1 Å². The predicted octanol–water partition coefficient (Wildman–Crippen LogP) is 6.70. The van der Waals surface area contributed by atoms with Gasteiger partial charge in [0.25, 0.3) is 3.91 Å². The maximum atomic E-state index is 11.1. The van der Waals surface area contributed by atoms with Crippen LogP contribution in [0.1, 0.15) is 42.7 Å². The third-order valence-corrected chi connectivity index (χ3v) is 6.65. The molecule has 1 saturated carbocycles. The zero-order valence-corrected chi connectivity index (χ0v) is 20.4. The van der Waals surface area contributed by atoms with Crippen LogP contribution in [0.25, 0.3) is 0 Å². The summed E-state index contributed by atoms with van der Waals surface area (Å²) in [7, 11) is 0. The maximum Gasteiger partial charge on any atom is 0.286 e. The van der Waals surface area contributed by atoms with Gasteiger partial charge in [-0.2, -0.15) is 0 Å². The Hall–Kier alpha value is -1.01. The molecule has 28 heavy (non-hydrogen) atoms.